The maximum atomic E-state index is 13.8. The molecule has 0 aromatic heterocycles. The minimum absolute atomic E-state index is 0.549. The summed E-state index contributed by atoms with van der Waals surface area (Å²) in [5.41, 5.74) is 0.575. The summed E-state index contributed by atoms with van der Waals surface area (Å²) in [6.45, 7) is 2.23. The first-order valence-corrected chi connectivity index (χ1v) is 10.4. The van der Waals surface area contributed by atoms with Crippen LogP contribution in [0, 0.1) is 6.92 Å². The molecule has 198 valence electrons. The van der Waals surface area contributed by atoms with Gasteiger partial charge in [-0.3, -0.25) is 4.55 Å². The number of esters is 2. The number of rotatable bonds is 11. The molecule has 0 spiro atoms. The van der Waals surface area contributed by atoms with Crippen LogP contribution in [0.5, 0.6) is 5.75 Å². The fourth-order valence-corrected chi connectivity index (χ4v) is 2.68. The SMILES string of the molecule is C=C(F)C(=O)OC(OCCCC(F)(F)C(F)(F)S(=O)(=O)O)(C(=O)Oc1ccc(C)cc1)C(F)(F)F. The van der Waals surface area contributed by atoms with Crippen LogP contribution in [0.2, 0.25) is 0 Å². The number of aryl methyl sites for hydroxylation is 1. The average Bonchev–Trinajstić information content (AvgIpc) is 2.69. The maximum absolute atomic E-state index is 13.8. The molecule has 1 N–H and O–H groups in total. The number of hydrogen-bond acceptors (Lipinski definition) is 7. The lowest BCUT2D eigenvalue weighted by Crippen LogP contribution is -2.59. The van der Waals surface area contributed by atoms with Gasteiger partial charge in [0.2, 0.25) is 5.83 Å². The highest BCUT2D eigenvalue weighted by Gasteiger charge is 2.69. The molecule has 1 rings (SSSR count). The van der Waals surface area contributed by atoms with Gasteiger partial charge in [-0.25, -0.2) is 9.59 Å². The van der Waals surface area contributed by atoms with Crippen molar-refractivity contribution in [2.24, 2.45) is 0 Å². The molecule has 0 heterocycles. The Morgan fingerprint density at radius 3 is 1.97 bits per heavy atom. The Labute approximate surface area is 192 Å². The van der Waals surface area contributed by atoms with Crippen LogP contribution < -0.4 is 4.74 Å². The summed E-state index contributed by atoms with van der Waals surface area (Å²) >= 11 is 0. The Balaban J connectivity index is 3.24. The molecule has 0 saturated carbocycles. The molecule has 0 aliphatic carbocycles. The Hall–Kier alpha value is -2.79. The summed E-state index contributed by atoms with van der Waals surface area (Å²) in [6.07, 6.45) is -9.74. The average molecular weight is 544 g/mol. The predicted octanol–water partition coefficient (Wildman–Crippen LogP) is 4.10. The minimum Gasteiger partial charge on any atom is -0.421 e. The number of carbonyl (C=O) groups excluding carboxylic acids is 2. The van der Waals surface area contributed by atoms with E-state index in [1.54, 1.807) is 6.92 Å². The monoisotopic (exact) mass is 544 g/mol. The largest absolute Gasteiger partial charge is 0.468 e. The highest BCUT2D eigenvalue weighted by Crippen LogP contribution is 2.42. The van der Waals surface area contributed by atoms with E-state index in [4.69, 9.17) is 4.55 Å². The molecule has 0 saturated heterocycles. The highest BCUT2D eigenvalue weighted by molar-refractivity contribution is 7.87. The van der Waals surface area contributed by atoms with E-state index in [1.807, 2.05) is 0 Å². The lowest BCUT2D eigenvalue weighted by molar-refractivity contribution is -0.352. The molecule has 0 bridgehead atoms. The van der Waals surface area contributed by atoms with E-state index >= 15 is 0 Å². The molecule has 0 aliphatic heterocycles. The van der Waals surface area contributed by atoms with Crippen LogP contribution in [-0.2, 0) is 29.2 Å². The van der Waals surface area contributed by atoms with Crippen LogP contribution in [0.25, 0.3) is 0 Å². The Kier molecular flexibility index (Phi) is 9.03. The molecule has 0 aliphatic rings. The first-order valence-electron chi connectivity index (χ1n) is 8.98. The number of benzene rings is 1. The second kappa shape index (κ2) is 10.4. The van der Waals surface area contributed by atoms with Gasteiger partial charge in [0, 0.05) is 6.42 Å². The number of ether oxygens (including phenoxy) is 3. The summed E-state index contributed by atoms with van der Waals surface area (Å²) < 4.78 is 149. The van der Waals surface area contributed by atoms with E-state index < -0.39 is 76.2 Å². The van der Waals surface area contributed by atoms with Crippen LogP contribution in [0.4, 0.5) is 35.1 Å². The van der Waals surface area contributed by atoms with Crippen molar-refractivity contribution in [3.63, 3.8) is 0 Å². The van der Waals surface area contributed by atoms with Gasteiger partial charge in [0.05, 0.1) is 6.61 Å². The van der Waals surface area contributed by atoms with Crippen LogP contribution in [0.15, 0.2) is 36.7 Å². The highest BCUT2D eigenvalue weighted by atomic mass is 32.2. The van der Waals surface area contributed by atoms with E-state index in [-0.39, 0.29) is 0 Å². The fourth-order valence-electron chi connectivity index (χ4n) is 2.20. The van der Waals surface area contributed by atoms with E-state index in [9.17, 15) is 53.1 Å². The summed E-state index contributed by atoms with van der Waals surface area (Å²) in [5, 5.41) is -6.02. The summed E-state index contributed by atoms with van der Waals surface area (Å²) in [7, 11) is -6.62. The van der Waals surface area contributed by atoms with Crippen molar-refractivity contribution in [1.29, 1.82) is 0 Å². The fraction of sp³-hybridized carbons (Fsp3) is 0.444. The molecule has 8 nitrogen and oxygen atoms in total. The Morgan fingerprint density at radius 1 is 1.03 bits per heavy atom. The Bertz CT molecular complexity index is 1050. The minimum atomic E-state index is -6.62. The van der Waals surface area contributed by atoms with Gasteiger partial charge in [-0.1, -0.05) is 24.3 Å². The van der Waals surface area contributed by atoms with Gasteiger partial charge >= 0.3 is 45.2 Å². The third-order valence-corrected chi connectivity index (χ3v) is 4.97. The van der Waals surface area contributed by atoms with Gasteiger partial charge in [-0.2, -0.15) is 43.5 Å². The number of carbonyl (C=O) groups is 2. The zero-order valence-electron chi connectivity index (χ0n) is 17.4. The quantitative estimate of drug-likeness (QED) is 0.0843. The Morgan fingerprint density at radius 2 is 1.54 bits per heavy atom. The molecule has 1 aromatic rings. The van der Waals surface area contributed by atoms with Crippen molar-refractivity contribution in [3.8, 4) is 5.75 Å². The van der Waals surface area contributed by atoms with Gasteiger partial charge in [0.15, 0.2) is 0 Å². The summed E-state index contributed by atoms with van der Waals surface area (Å²) in [4.78, 5) is 23.8. The van der Waals surface area contributed by atoms with Crippen molar-refractivity contribution < 1.29 is 71.9 Å². The van der Waals surface area contributed by atoms with Gasteiger partial charge < -0.3 is 14.2 Å². The van der Waals surface area contributed by atoms with Crippen molar-refractivity contribution in [3.05, 3.63) is 42.2 Å². The molecule has 1 unspecified atom stereocenters. The second-order valence-electron chi connectivity index (χ2n) is 6.76. The molecular weight excluding hydrogens is 528 g/mol. The number of hydrogen-bond donors (Lipinski definition) is 1. The van der Waals surface area contributed by atoms with Gasteiger partial charge in [0.1, 0.15) is 5.75 Å². The van der Waals surface area contributed by atoms with E-state index in [2.05, 4.69) is 20.8 Å². The molecule has 0 amide bonds. The van der Waals surface area contributed by atoms with Crippen LogP contribution >= 0.6 is 0 Å². The van der Waals surface area contributed by atoms with E-state index in [0.29, 0.717) is 5.56 Å². The maximum Gasteiger partial charge on any atom is 0.468 e. The molecule has 0 radical (unpaired) electrons. The molecule has 1 atom stereocenters. The van der Waals surface area contributed by atoms with Crippen molar-refractivity contribution >= 4 is 22.1 Å². The first kappa shape index (κ1) is 30.2. The van der Waals surface area contributed by atoms with E-state index in [0.717, 1.165) is 12.1 Å². The molecular formula is C18H16F8O8S. The smallest absolute Gasteiger partial charge is 0.421 e. The zero-order valence-corrected chi connectivity index (χ0v) is 18.2. The second-order valence-corrected chi connectivity index (χ2v) is 8.22. The van der Waals surface area contributed by atoms with Crippen molar-refractivity contribution in [2.45, 2.75) is 42.9 Å². The standard InChI is InChI=1S/C18H16F8O8S/c1-10-4-6-12(7-5-10)33-14(28)16(17(22,23)24,34-13(27)11(2)19)32-9-3-8-15(20,21)18(25,26)35(29,30)31/h4-7H,2-3,8-9H2,1H3,(H,29,30,31). The van der Waals surface area contributed by atoms with Gasteiger partial charge in [-0.05, 0) is 25.5 Å². The van der Waals surface area contributed by atoms with E-state index in [1.165, 1.54) is 12.1 Å². The molecule has 35 heavy (non-hydrogen) atoms. The number of alkyl halides is 7. The van der Waals surface area contributed by atoms with Crippen LogP contribution in [0.1, 0.15) is 18.4 Å². The first-order chi connectivity index (χ1) is 15.7. The third-order valence-electron chi connectivity index (χ3n) is 4.02. The predicted molar refractivity (Wildman–Crippen MR) is 98.6 cm³/mol. The number of halogens is 8. The normalized spacial score (nSPS) is 14.7. The third kappa shape index (κ3) is 6.88. The van der Waals surface area contributed by atoms with Crippen molar-refractivity contribution in [2.75, 3.05) is 6.61 Å². The van der Waals surface area contributed by atoms with Gasteiger partial charge in [-0.15, -0.1) is 0 Å². The zero-order chi connectivity index (χ0) is 27.5. The molecule has 17 heteroatoms. The van der Waals surface area contributed by atoms with Crippen molar-refractivity contribution in [1.82, 2.24) is 0 Å². The lowest BCUT2D eigenvalue weighted by atomic mass is 10.2. The lowest BCUT2D eigenvalue weighted by Gasteiger charge is -2.32. The van der Waals surface area contributed by atoms with Gasteiger partial charge in [0.25, 0.3) is 0 Å². The summed E-state index contributed by atoms with van der Waals surface area (Å²) in [6, 6.07) is 4.57. The van der Waals surface area contributed by atoms with Crippen LogP contribution in [0.3, 0.4) is 0 Å². The topological polar surface area (TPSA) is 116 Å². The molecule has 1 aromatic carbocycles. The molecule has 0 fully saturated rings. The summed E-state index contributed by atoms with van der Waals surface area (Å²) in [5.74, 6) is -18.0. The van der Waals surface area contributed by atoms with Crippen LogP contribution in [-0.4, -0.2) is 54.7 Å².